The van der Waals surface area contributed by atoms with Gasteiger partial charge in [-0.1, -0.05) is 30.7 Å². The molecule has 96 valence electrons. The summed E-state index contributed by atoms with van der Waals surface area (Å²) in [6, 6.07) is 7.23. The highest BCUT2D eigenvalue weighted by atomic mass is 35.5. The summed E-state index contributed by atoms with van der Waals surface area (Å²) in [5.74, 6) is 0.667. The van der Waals surface area contributed by atoms with E-state index in [1.807, 2.05) is 19.1 Å². The predicted octanol–water partition coefficient (Wildman–Crippen LogP) is 4.21. The van der Waals surface area contributed by atoms with Crippen molar-refractivity contribution >= 4 is 28.3 Å². The fraction of sp³-hybridized carbons (Fsp3) is 0.133. The number of H-pyrrole nitrogens is 1. The molecule has 0 radical (unpaired) electrons. The first kappa shape index (κ1) is 12.1. The van der Waals surface area contributed by atoms with Crippen LogP contribution in [0.3, 0.4) is 0 Å². The number of rotatable bonds is 3. The van der Waals surface area contributed by atoms with Crippen LogP contribution in [-0.2, 0) is 6.42 Å². The summed E-state index contributed by atoms with van der Waals surface area (Å²) in [7, 11) is 0. The third-order valence-electron chi connectivity index (χ3n) is 3.22. The Kier molecular flexibility index (Phi) is 2.91. The molecule has 0 amide bonds. The van der Waals surface area contributed by atoms with Gasteiger partial charge in [0, 0.05) is 23.6 Å². The molecule has 2 aromatic heterocycles. The smallest absolute Gasteiger partial charge is 0.198 e. The van der Waals surface area contributed by atoms with E-state index < -0.39 is 0 Å². The summed E-state index contributed by atoms with van der Waals surface area (Å²) in [5, 5.41) is 1.44. The molecule has 0 aliphatic carbocycles. The van der Waals surface area contributed by atoms with Crippen molar-refractivity contribution in [3.8, 4) is 0 Å². The Morgan fingerprint density at radius 1 is 1.32 bits per heavy atom. The van der Waals surface area contributed by atoms with Crippen molar-refractivity contribution in [1.82, 2.24) is 4.98 Å². The number of para-hydroxylation sites is 1. The Labute approximate surface area is 115 Å². The van der Waals surface area contributed by atoms with Crippen molar-refractivity contribution in [2.75, 3.05) is 0 Å². The zero-order chi connectivity index (χ0) is 13.4. The summed E-state index contributed by atoms with van der Waals surface area (Å²) >= 11 is 6.10. The van der Waals surface area contributed by atoms with E-state index in [-0.39, 0.29) is 5.78 Å². The van der Waals surface area contributed by atoms with Crippen LogP contribution < -0.4 is 0 Å². The fourth-order valence-electron chi connectivity index (χ4n) is 2.27. The molecule has 0 unspecified atom stereocenters. The lowest BCUT2D eigenvalue weighted by atomic mass is 10.0. The normalized spacial score (nSPS) is 11.1. The summed E-state index contributed by atoms with van der Waals surface area (Å²) in [5.41, 5.74) is 2.02. The highest BCUT2D eigenvalue weighted by molar-refractivity contribution is 6.35. The Hall–Kier alpha value is -2.00. The Bertz CT molecular complexity index is 754. The van der Waals surface area contributed by atoms with Crippen LogP contribution in [0.5, 0.6) is 0 Å². The largest absolute Gasteiger partial charge is 0.469 e. The second kappa shape index (κ2) is 4.59. The second-order valence-corrected chi connectivity index (χ2v) is 4.71. The molecule has 3 nitrogen and oxygen atoms in total. The van der Waals surface area contributed by atoms with Crippen molar-refractivity contribution in [2.45, 2.75) is 13.3 Å². The molecular formula is C15H12ClNO2. The van der Waals surface area contributed by atoms with E-state index in [1.54, 1.807) is 24.6 Å². The number of carbonyl (C=O) groups is 1. The average Bonchev–Trinajstić information content (AvgIpc) is 3.05. The van der Waals surface area contributed by atoms with Crippen LogP contribution in [-0.4, -0.2) is 10.8 Å². The number of aromatic nitrogens is 1. The van der Waals surface area contributed by atoms with Crippen molar-refractivity contribution in [3.05, 3.63) is 58.6 Å². The predicted molar refractivity (Wildman–Crippen MR) is 74.8 cm³/mol. The first-order valence-electron chi connectivity index (χ1n) is 6.09. The number of ketones is 1. The summed E-state index contributed by atoms with van der Waals surface area (Å²) in [6.07, 6.45) is 3.94. The lowest BCUT2D eigenvalue weighted by Crippen LogP contribution is -2.01. The van der Waals surface area contributed by atoms with E-state index in [1.165, 1.54) is 0 Å². The van der Waals surface area contributed by atoms with Crippen LogP contribution in [0.15, 0.2) is 41.1 Å². The molecule has 3 rings (SSSR count). The van der Waals surface area contributed by atoms with Crippen molar-refractivity contribution in [1.29, 1.82) is 0 Å². The Morgan fingerprint density at radius 3 is 2.95 bits per heavy atom. The second-order valence-electron chi connectivity index (χ2n) is 4.30. The van der Waals surface area contributed by atoms with Crippen LogP contribution in [0.2, 0.25) is 5.02 Å². The summed E-state index contributed by atoms with van der Waals surface area (Å²) < 4.78 is 5.31. The topological polar surface area (TPSA) is 46.0 Å². The van der Waals surface area contributed by atoms with Gasteiger partial charge in [-0.15, -0.1) is 0 Å². The molecule has 0 bridgehead atoms. The molecule has 3 aromatic rings. The van der Waals surface area contributed by atoms with Gasteiger partial charge in [0.2, 0.25) is 0 Å². The molecule has 0 aliphatic rings. The van der Waals surface area contributed by atoms with Crippen LogP contribution in [0, 0.1) is 0 Å². The van der Waals surface area contributed by atoms with E-state index in [9.17, 15) is 4.79 Å². The third-order valence-corrected chi connectivity index (χ3v) is 3.54. The molecule has 0 spiro atoms. The third kappa shape index (κ3) is 1.87. The molecule has 2 heterocycles. The van der Waals surface area contributed by atoms with Crippen LogP contribution in [0.1, 0.15) is 28.6 Å². The zero-order valence-corrected chi connectivity index (χ0v) is 11.1. The quantitative estimate of drug-likeness (QED) is 0.727. The monoisotopic (exact) mass is 273 g/mol. The maximum atomic E-state index is 12.6. The SMILES string of the molecule is CCc1occc1C(=O)c1c[nH]c2c(Cl)cccc12. The minimum Gasteiger partial charge on any atom is -0.469 e. The number of carbonyl (C=O) groups excluding carboxylic acids is 1. The highest BCUT2D eigenvalue weighted by Gasteiger charge is 2.19. The van der Waals surface area contributed by atoms with Gasteiger partial charge in [-0.2, -0.15) is 0 Å². The number of hydrogen-bond donors (Lipinski definition) is 1. The molecule has 0 saturated heterocycles. The lowest BCUT2D eigenvalue weighted by Gasteiger charge is -1.99. The van der Waals surface area contributed by atoms with E-state index >= 15 is 0 Å². The van der Waals surface area contributed by atoms with E-state index in [0.29, 0.717) is 28.3 Å². The molecule has 1 aromatic carbocycles. The first-order valence-corrected chi connectivity index (χ1v) is 6.46. The van der Waals surface area contributed by atoms with Crippen LogP contribution in [0.25, 0.3) is 10.9 Å². The Balaban J connectivity index is 2.15. The van der Waals surface area contributed by atoms with Gasteiger partial charge >= 0.3 is 0 Å². The molecule has 0 fully saturated rings. The average molecular weight is 274 g/mol. The zero-order valence-electron chi connectivity index (χ0n) is 10.4. The molecule has 0 saturated carbocycles. The number of halogens is 1. The van der Waals surface area contributed by atoms with Gasteiger partial charge in [-0.05, 0) is 12.1 Å². The van der Waals surface area contributed by atoms with Crippen molar-refractivity contribution in [2.24, 2.45) is 0 Å². The van der Waals surface area contributed by atoms with Gasteiger partial charge in [0.25, 0.3) is 0 Å². The number of aryl methyl sites for hydroxylation is 1. The number of furan rings is 1. The van der Waals surface area contributed by atoms with Gasteiger partial charge in [0.05, 0.1) is 22.4 Å². The minimum absolute atomic E-state index is 0.0425. The Morgan fingerprint density at radius 2 is 2.16 bits per heavy atom. The summed E-state index contributed by atoms with van der Waals surface area (Å²) in [6.45, 7) is 1.96. The van der Waals surface area contributed by atoms with Gasteiger partial charge in [-0.25, -0.2) is 0 Å². The minimum atomic E-state index is -0.0425. The highest BCUT2D eigenvalue weighted by Crippen LogP contribution is 2.27. The molecule has 0 atom stereocenters. The lowest BCUT2D eigenvalue weighted by molar-refractivity contribution is 0.103. The number of nitrogens with one attached hydrogen (secondary N) is 1. The molecule has 19 heavy (non-hydrogen) atoms. The van der Waals surface area contributed by atoms with Crippen LogP contribution >= 0.6 is 11.6 Å². The van der Waals surface area contributed by atoms with E-state index in [2.05, 4.69) is 4.98 Å². The molecule has 0 aliphatic heterocycles. The summed E-state index contributed by atoms with van der Waals surface area (Å²) in [4.78, 5) is 15.6. The van der Waals surface area contributed by atoms with Gasteiger partial charge in [-0.3, -0.25) is 4.79 Å². The van der Waals surface area contributed by atoms with Gasteiger partial charge < -0.3 is 9.40 Å². The van der Waals surface area contributed by atoms with Crippen molar-refractivity contribution in [3.63, 3.8) is 0 Å². The number of fused-ring (bicyclic) bond motifs is 1. The van der Waals surface area contributed by atoms with Crippen molar-refractivity contribution < 1.29 is 9.21 Å². The molecule has 4 heteroatoms. The number of aromatic amines is 1. The van der Waals surface area contributed by atoms with E-state index in [4.69, 9.17) is 16.0 Å². The standard InChI is InChI=1S/C15H12ClNO2/c1-2-13-10(6-7-19-13)15(18)11-8-17-14-9(11)4-3-5-12(14)16/h3-8,17H,2H2,1H3. The fourth-order valence-corrected chi connectivity index (χ4v) is 2.50. The maximum absolute atomic E-state index is 12.6. The van der Waals surface area contributed by atoms with Crippen LogP contribution in [0.4, 0.5) is 0 Å². The van der Waals surface area contributed by atoms with E-state index in [0.717, 1.165) is 10.9 Å². The number of hydrogen-bond acceptors (Lipinski definition) is 2. The molecule has 1 N–H and O–H groups in total. The maximum Gasteiger partial charge on any atom is 0.198 e. The number of benzene rings is 1. The molecular weight excluding hydrogens is 262 g/mol. The van der Waals surface area contributed by atoms with Gasteiger partial charge in [0.15, 0.2) is 5.78 Å². The van der Waals surface area contributed by atoms with Gasteiger partial charge in [0.1, 0.15) is 5.76 Å². The first-order chi connectivity index (χ1) is 9.22.